The van der Waals surface area contributed by atoms with E-state index in [0.717, 1.165) is 38.5 Å². The Morgan fingerprint density at radius 3 is 1.58 bits per heavy atom. The van der Waals surface area contributed by atoms with Gasteiger partial charge in [0.25, 0.3) is 0 Å². The molecule has 326 valence electrons. The normalized spacial score (nSPS) is 21.6. The second-order valence-corrected chi connectivity index (χ2v) is 16.7. The van der Waals surface area contributed by atoms with Crippen LogP contribution in [-0.2, 0) is 28.9 Å². The fraction of sp³-hybridized carbons (Fsp3) is 0.929. The molecule has 55 heavy (non-hydrogen) atoms. The summed E-state index contributed by atoms with van der Waals surface area (Å²) in [6, 6.07) is -0.936. The number of rotatable bonds is 37. The van der Waals surface area contributed by atoms with Gasteiger partial charge in [-0.15, -0.1) is 0 Å². The predicted molar refractivity (Wildman–Crippen MR) is 218 cm³/mol. The van der Waals surface area contributed by atoms with Gasteiger partial charge in [-0.05, 0) is 19.3 Å². The van der Waals surface area contributed by atoms with Crippen molar-refractivity contribution in [3.63, 3.8) is 0 Å². The van der Waals surface area contributed by atoms with E-state index in [1.807, 2.05) is 6.08 Å². The molecule has 1 rings (SSSR count). The molecule has 0 aromatic rings. The van der Waals surface area contributed by atoms with Gasteiger partial charge in [0.15, 0.2) is 6.29 Å². The molecule has 1 aliphatic rings. The average molecular weight is 808 g/mol. The number of hydrogen-bond acceptors (Lipinski definition) is 10. The van der Waals surface area contributed by atoms with Crippen LogP contribution < -0.4 is 5.32 Å². The summed E-state index contributed by atoms with van der Waals surface area (Å²) in [6.45, 7) is 3.35. The van der Waals surface area contributed by atoms with Crippen LogP contribution in [0.25, 0.3) is 0 Å². The molecular formula is C42H81NO11S. The number of ether oxygens (including phenoxy) is 2. The Morgan fingerprint density at radius 2 is 1.15 bits per heavy atom. The summed E-state index contributed by atoms with van der Waals surface area (Å²) in [4.78, 5) is 12.9. The number of allylic oxidation sites excluding steroid dienone is 1. The van der Waals surface area contributed by atoms with E-state index in [9.17, 15) is 33.6 Å². The van der Waals surface area contributed by atoms with E-state index in [0.29, 0.717) is 6.42 Å². The molecule has 6 N–H and O–H groups in total. The van der Waals surface area contributed by atoms with Crippen molar-refractivity contribution in [2.24, 2.45) is 0 Å². The third-order valence-electron chi connectivity index (χ3n) is 10.6. The number of hydrogen-bond donors (Lipinski definition) is 6. The number of unbranched alkanes of at least 4 members (excludes halogenated alkanes) is 25. The topological polar surface area (TPSA) is 192 Å². The van der Waals surface area contributed by atoms with Crippen molar-refractivity contribution in [3.8, 4) is 0 Å². The molecule has 1 saturated heterocycles. The molecule has 7 atom stereocenters. The Bertz CT molecular complexity index is 1050. The summed E-state index contributed by atoms with van der Waals surface area (Å²) in [5.74, 6) is -0.265. The first kappa shape index (κ1) is 51.9. The number of carbonyl (C=O) groups excluding carboxylic acids is 1. The minimum Gasteiger partial charge on any atom is -0.394 e. The second kappa shape index (κ2) is 33.8. The molecule has 0 aliphatic carbocycles. The molecule has 7 unspecified atom stereocenters. The lowest BCUT2D eigenvalue weighted by molar-refractivity contribution is -0.298. The van der Waals surface area contributed by atoms with Gasteiger partial charge in [0, 0.05) is 6.42 Å². The fourth-order valence-electron chi connectivity index (χ4n) is 7.10. The first-order chi connectivity index (χ1) is 26.5. The number of nitrogens with one attached hydrogen (secondary N) is 1. The summed E-state index contributed by atoms with van der Waals surface area (Å²) >= 11 is 0. The molecular weight excluding hydrogens is 727 g/mol. The van der Waals surface area contributed by atoms with Crippen LogP contribution in [0.2, 0.25) is 0 Å². The predicted octanol–water partition coefficient (Wildman–Crippen LogP) is 7.99. The maximum atomic E-state index is 12.9. The van der Waals surface area contributed by atoms with Gasteiger partial charge in [-0.2, -0.15) is 8.42 Å². The summed E-state index contributed by atoms with van der Waals surface area (Å²) in [7, 11) is -5.08. The van der Waals surface area contributed by atoms with Crippen molar-refractivity contribution < 1.29 is 51.8 Å². The molecule has 0 aromatic carbocycles. The third-order valence-corrected chi connectivity index (χ3v) is 11.0. The van der Waals surface area contributed by atoms with Gasteiger partial charge < -0.3 is 35.2 Å². The van der Waals surface area contributed by atoms with Crippen LogP contribution >= 0.6 is 0 Å². The second-order valence-electron chi connectivity index (χ2n) is 15.6. The highest BCUT2D eigenvalue weighted by molar-refractivity contribution is 7.80. The molecule has 0 bridgehead atoms. The highest BCUT2D eigenvalue weighted by Crippen LogP contribution is 2.26. The zero-order valence-electron chi connectivity index (χ0n) is 34.5. The van der Waals surface area contributed by atoms with Crippen LogP contribution in [0, 0.1) is 0 Å². The van der Waals surface area contributed by atoms with Gasteiger partial charge in [0.1, 0.15) is 24.4 Å². The Balaban J connectivity index is 2.50. The third kappa shape index (κ3) is 27.2. The standard InChI is InChI=1S/C42H81NO11S/c1-3-5-7-9-11-13-14-15-16-17-18-19-20-21-22-24-25-27-29-31-36(45)35(43-38(46)32-30-28-26-23-12-10-8-6-4-2)34-52-42-40(48)41(54-55(49,50)51)39(47)37(33-44)53-42/h29,31,35-37,39-42,44-45,47-48H,3-28,30,32-34H2,1-2H3,(H,43,46)(H,49,50,51)/b31-29+. The Labute approximate surface area is 334 Å². The number of aliphatic hydroxyl groups is 4. The lowest BCUT2D eigenvalue weighted by Crippen LogP contribution is -2.61. The van der Waals surface area contributed by atoms with Crippen LogP contribution in [0.1, 0.15) is 194 Å². The quantitative estimate of drug-likeness (QED) is 0.0203. The van der Waals surface area contributed by atoms with E-state index < -0.39 is 59.9 Å². The molecule has 1 amide bonds. The number of aliphatic hydroxyl groups excluding tert-OH is 4. The Hall–Kier alpha value is -1.16. The van der Waals surface area contributed by atoms with E-state index in [1.54, 1.807) is 6.08 Å². The van der Waals surface area contributed by atoms with E-state index in [2.05, 4.69) is 23.3 Å². The molecule has 12 nitrogen and oxygen atoms in total. The van der Waals surface area contributed by atoms with Gasteiger partial charge in [0.2, 0.25) is 5.91 Å². The molecule has 1 fully saturated rings. The van der Waals surface area contributed by atoms with Gasteiger partial charge in [-0.1, -0.05) is 180 Å². The molecule has 0 radical (unpaired) electrons. The minimum atomic E-state index is -5.08. The lowest BCUT2D eigenvalue weighted by Gasteiger charge is -2.41. The van der Waals surface area contributed by atoms with Crippen molar-refractivity contribution in [1.29, 1.82) is 0 Å². The summed E-state index contributed by atoms with van der Waals surface area (Å²) in [5, 5.41) is 44.5. The van der Waals surface area contributed by atoms with Crippen LogP contribution in [0.3, 0.4) is 0 Å². The largest absolute Gasteiger partial charge is 0.397 e. The van der Waals surface area contributed by atoms with Gasteiger partial charge in [0.05, 0.1) is 25.4 Å². The molecule has 0 aromatic heterocycles. The zero-order valence-corrected chi connectivity index (χ0v) is 35.3. The number of carbonyl (C=O) groups is 1. The van der Waals surface area contributed by atoms with E-state index in [1.165, 1.54) is 128 Å². The summed E-state index contributed by atoms with van der Waals surface area (Å²) in [5.41, 5.74) is 0. The number of amides is 1. The highest BCUT2D eigenvalue weighted by atomic mass is 32.3. The first-order valence-corrected chi connectivity index (χ1v) is 23.4. The maximum Gasteiger partial charge on any atom is 0.397 e. The van der Waals surface area contributed by atoms with E-state index in [-0.39, 0.29) is 18.9 Å². The zero-order chi connectivity index (χ0) is 40.6. The van der Waals surface area contributed by atoms with Crippen LogP contribution in [-0.4, -0.2) is 95.4 Å². The highest BCUT2D eigenvalue weighted by Gasteiger charge is 2.48. The smallest absolute Gasteiger partial charge is 0.394 e. The minimum absolute atomic E-state index is 0.265. The van der Waals surface area contributed by atoms with Crippen molar-refractivity contribution >= 4 is 16.3 Å². The van der Waals surface area contributed by atoms with E-state index >= 15 is 0 Å². The maximum absolute atomic E-state index is 12.9. The fourth-order valence-corrected chi connectivity index (χ4v) is 7.61. The SMILES string of the molecule is CCCCCCCCCCCCCCCCCCC/C=C/C(O)C(COC1OC(CO)C(O)C(OS(=O)(=O)O)C1O)NC(=O)CCCCCCCCCCC. The van der Waals surface area contributed by atoms with Crippen LogP contribution in [0.5, 0.6) is 0 Å². The lowest BCUT2D eigenvalue weighted by atomic mass is 9.99. The monoisotopic (exact) mass is 808 g/mol. The van der Waals surface area contributed by atoms with Gasteiger partial charge >= 0.3 is 10.4 Å². The Morgan fingerprint density at radius 1 is 0.709 bits per heavy atom. The molecule has 1 heterocycles. The van der Waals surface area contributed by atoms with Crippen molar-refractivity contribution in [3.05, 3.63) is 12.2 Å². The van der Waals surface area contributed by atoms with Crippen molar-refractivity contribution in [1.82, 2.24) is 5.32 Å². The Kier molecular flexibility index (Phi) is 31.8. The molecule has 13 heteroatoms. The summed E-state index contributed by atoms with van der Waals surface area (Å²) < 4.78 is 47.4. The molecule has 1 aliphatic heterocycles. The first-order valence-electron chi connectivity index (χ1n) is 22.1. The van der Waals surface area contributed by atoms with Gasteiger partial charge in [-0.3, -0.25) is 9.35 Å². The van der Waals surface area contributed by atoms with Crippen LogP contribution in [0.15, 0.2) is 12.2 Å². The van der Waals surface area contributed by atoms with Crippen molar-refractivity contribution in [2.75, 3.05) is 13.2 Å². The molecule has 0 saturated carbocycles. The average Bonchev–Trinajstić information content (AvgIpc) is 3.15. The van der Waals surface area contributed by atoms with Crippen molar-refractivity contribution in [2.45, 2.75) is 236 Å². The van der Waals surface area contributed by atoms with Crippen LogP contribution in [0.4, 0.5) is 0 Å². The molecule has 0 spiro atoms. The van der Waals surface area contributed by atoms with E-state index in [4.69, 9.17) is 14.0 Å². The summed E-state index contributed by atoms with van der Waals surface area (Å²) in [6.07, 6.45) is 27.0. The van der Waals surface area contributed by atoms with Gasteiger partial charge in [-0.25, -0.2) is 4.18 Å².